The fourth-order valence-corrected chi connectivity index (χ4v) is 5.68. The second-order valence-electron chi connectivity index (χ2n) is 10.5. The number of aliphatic hydroxyl groups excluding tert-OH is 1. The summed E-state index contributed by atoms with van der Waals surface area (Å²) in [7, 11) is 0. The van der Waals surface area contributed by atoms with Gasteiger partial charge in [-0.15, -0.1) is 0 Å². The number of aromatic nitrogens is 4. The van der Waals surface area contributed by atoms with Gasteiger partial charge in [0, 0.05) is 54.8 Å². The highest BCUT2D eigenvalue weighted by Crippen LogP contribution is 2.34. The number of hydrogen-bond donors (Lipinski definition) is 2. The van der Waals surface area contributed by atoms with Gasteiger partial charge in [0.1, 0.15) is 6.61 Å². The van der Waals surface area contributed by atoms with E-state index in [4.69, 9.17) is 9.47 Å². The minimum Gasteiger partial charge on any atom is -0.390 e. The molecule has 37 heavy (non-hydrogen) atoms. The standard InChI is InChI=1S/C27H34N6O4/c1-17-15-36-8-7-32(17)21-10-19(11-21)27(35)30-25-12-22-9-18(5-6-33(22)31-25)20-13-28-26(29-14-20)16-37-24-4-2-3-23(24)34/h5-6,9,12-14,17,19,21,23-24,34H,2-4,7-8,10-11,15-16H2,1H3,(H,30,31,35)/t17-,19?,21?,23-,24-/m0/s1. The van der Waals surface area contributed by atoms with Gasteiger partial charge >= 0.3 is 0 Å². The van der Waals surface area contributed by atoms with Crippen molar-refractivity contribution in [2.75, 3.05) is 25.1 Å². The lowest BCUT2D eigenvalue weighted by atomic mass is 9.78. The Labute approximate surface area is 216 Å². The van der Waals surface area contributed by atoms with Gasteiger partial charge in [0.2, 0.25) is 5.91 Å². The maximum absolute atomic E-state index is 12.8. The number of anilines is 1. The van der Waals surface area contributed by atoms with E-state index in [9.17, 15) is 9.90 Å². The Balaban J connectivity index is 1.05. The number of rotatable bonds is 7. The third kappa shape index (κ3) is 5.24. The molecule has 3 aliphatic rings. The number of fused-ring (bicyclic) bond motifs is 1. The van der Waals surface area contributed by atoms with Crippen molar-refractivity contribution >= 4 is 17.2 Å². The molecule has 1 aliphatic heterocycles. The van der Waals surface area contributed by atoms with Gasteiger partial charge in [0.25, 0.3) is 0 Å². The molecule has 0 unspecified atom stereocenters. The van der Waals surface area contributed by atoms with Crippen LogP contribution in [0.5, 0.6) is 0 Å². The summed E-state index contributed by atoms with van der Waals surface area (Å²) >= 11 is 0. The number of ether oxygens (including phenoxy) is 2. The number of nitrogens with zero attached hydrogens (tertiary/aromatic N) is 5. The van der Waals surface area contributed by atoms with E-state index in [0.717, 1.165) is 68.5 Å². The molecule has 1 saturated heterocycles. The molecule has 3 aromatic rings. The van der Waals surface area contributed by atoms with E-state index in [2.05, 4.69) is 32.2 Å². The second-order valence-corrected chi connectivity index (χ2v) is 10.5. The molecule has 3 aromatic heterocycles. The number of nitrogens with one attached hydrogen (secondary N) is 1. The minimum absolute atomic E-state index is 0.0250. The number of pyridine rings is 1. The summed E-state index contributed by atoms with van der Waals surface area (Å²) in [4.78, 5) is 24.2. The molecular weight excluding hydrogens is 472 g/mol. The van der Waals surface area contributed by atoms with Gasteiger partial charge in [-0.1, -0.05) is 0 Å². The van der Waals surface area contributed by atoms with Crippen molar-refractivity contribution in [3.8, 4) is 11.1 Å². The predicted molar refractivity (Wildman–Crippen MR) is 137 cm³/mol. The van der Waals surface area contributed by atoms with E-state index >= 15 is 0 Å². The second kappa shape index (κ2) is 10.4. The van der Waals surface area contributed by atoms with Gasteiger partial charge in [-0.3, -0.25) is 9.69 Å². The number of carbonyl (C=O) groups excluding carboxylic acids is 1. The highest BCUT2D eigenvalue weighted by Gasteiger charge is 2.40. The Morgan fingerprint density at radius 2 is 2.05 bits per heavy atom. The molecular formula is C27H34N6O4. The largest absolute Gasteiger partial charge is 0.390 e. The molecule has 6 rings (SSSR count). The lowest BCUT2D eigenvalue weighted by Gasteiger charge is -2.46. The molecule has 3 fully saturated rings. The number of hydrogen-bond acceptors (Lipinski definition) is 8. The van der Waals surface area contributed by atoms with Crippen molar-refractivity contribution in [3.63, 3.8) is 0 Å². The number of carbonyl (C=O) groups is 1. The molecule has 0 bridgehead atoms. The smallest absolute Gasteiger partial charge is 0.228 e. The molecule has 10 nitrogen and oxygen atoms in total. The number of morpholine rings is 1. The molecule has 2 N–H and O–H groups in total. The fourth-order valence-electron chi connectivity index (χ4n) is 5.68. The zero-order chi connectivity index (χ0) is 25.4. The first-order chi connectivity index (χ1) is 18.0. The van der Waals surface area contributed by atoms with Crippen LogP contribution in [0, 0.1) is 5.92 Å². The van der Waals surface area contributed by atoms with Crippen LogP contribution in [0.15, 0.2) is 36.8 Å². The Morgan fingerprint density at radius 3 is 2.81 bits per heavy atom. The molecule has 0 radical (unpaired) electrons. The van der Waals surface area contributed by atoms with Crippen LogP contribution in [0.4, 0.5) is 5.82 Å². The average Bonchev–Trinajstić information content (AvgIpc) is 3.47. The zero-order valence-electron chi connectivity index (χ0n) is 21.1. The van der Waals surface area contributed by atoms with E-state index in [1.807, 2.05) is 24.4 Å². The monoisotopic (exact) mass is 506 g/mol. The van der Waals surface area contributed by atoms with Gasteiger partial charge in [-0.25, -0.2) is 14.5 Å². The first-order valence-corrected chi connectivity index (χ1v) is 13.3. The summed E-state index contributed by atoms with van der Waals surface area (Å²) in [5.41, 5.74) is 2.73. The van der Waals surface area contributed by atoms with Gasteiger partial charge in [0.05, 0.1) is 30.9 Å². The highest BCUT2D eigenvalue weighted by atomic mass is 16.5. The van der Waals surface area contributed by atoms with Crippen molar-refractivity contribution in [3.05, 3.63) is 42.6 Å². The SMILES string of the molecule is C[C@H]1COCCN1C1CC(C(=O)Nc2cc3cc(-c4cnc(CO[C@H]5CCC[C@@H]5O)nc4)ccn3n2)C1. The Kier molecular flexibility index (Phi) is 6.90. The summed E-state index contributed by atoms with van der Waals surface area (Å²) in [6.45, 7) is 4.97. The first-order valence-electron chi connectivity index (χ1n) is 13.3. The van der Waals surface area contributed by atoms with Crippen LogP contribution in [0.2, 0.25) is 0 Å². The summed E-state index contributed by atoms with van der Waals surface area (Å²) in [5.74, 6) is 1.22. The molecule has 2 aliphatic carbocycles. The van der Waals surface area contributed by atoms with Gasteiger partial charge in [-0.2, -0.15) is 5.10 Å². The van der Waals surface area contributed by atoms with Gasteiger partial charge in [-0.05, 0) is 56.7 Å². The minimum atomic E-state index is -0.388. The van der Waals surface area contributed by atoms with E-state index in [-0.39, 0.29) is 24.0 Å². The van der Waals surface area contributed by atoms with Crippen LogP contribution in [-0.4, -0.2) is 79.5 Å². The summed E-state index contributed by atoms with van der Waals surface area (Å²) in [5, 5.41) is 17.4. The predicted octanol–water partition coefficient (Wildman–Crippen LogP) is 2.66. The molecule has 2 saturated carbocycles. The van der Waals surface area contributed by atoms with Crippen molar-refractivity contribution in [1.29, 1.82) is 0 Å². The van der Waals surface area contributed by atoms with Crippen LogP contribution in [0.25, 0.3) is 16.6 Å². The zero-order valence-corrected chi connectivity index (χ0v) is 21.1. The molecule has 10 heteroatoms. The third-order valence-electron chi connectivity index (χ3n) is 7.97. The topological polar surface area (TPSA) is 114 Å². The van der Waals surface area contributed by atoms with E-state index in [1.54, 1.807) is 16.9 Å². The van der Waals surface area contributed by atoms with E-state index in [0.29, 0.717) is 30.3 Å². The van der Waals surface area contributed by atoms with Crippen molar-refractivity contribution in [1.82, 2.24) is 24.5 Å². The third-order valence-corrected chi connectivity index (χ3v) is 7.97. The number of aliphatic hydroxyl groups is 1. The van der Waals surface area contributed by atoms with Crippen LogP contribution < -0.4 is 5.32 Å². The molecule has 1 amide bonds. The lowest BCUT2D eigenvalue weighted by Crippen LogP contribution is -2.55. The Hall–Kier alpha value is -2.92. The highest BCUT2D eigenvalue weighted by molar-refractivity contribution is 5.93. The Bertz CT molecular complexity index is 1240. The van der Waals surface area contributed by atoms with Crippen LogP contribution in [-0.2, 0) is 20.9 Å². The van der Waals surface area contributed by atoms with Crippen LogP contribution in [0.3, 0.4) is 0 Å². The quantitative estimate of drug-likeness (QED) is 0.503. The maximum atomic E-state index is 12.8. The molecule has 0 spiro atoms. The average molecular weight is 507 g/mol. The summed E-state index contributed by atoms with van der Waals surface area (Å²) in [6.07, 6.45) is 9.35. The molecule has 196 valence electrons. The summed E-state index contributed by atoms with van der Waals surface area (Å²) in [6, 6.07) is 6.72. The van der Waals surface area contributed by atoms with Crippen molar-refractivity contribution in [2.45, 2.75) is 69.9 Å². The van der Waals surface area contributed by atoms with Crippen molar-refractivity contribution in [2.24, 2.45) is 5.92 Å². The lowest BCUT2D eigenvalue weighted by molar-refractivity contribution is -0.126. The van der Waals surface area contributed by atoms with E-state index in [1.165, 1.54) is 0 Å². The van der Waals surface area contributed by atoms with Gasteiger partial charge < -0.3 is 19.9 Å². The van der Waals surface area contributed by atoms with Crippen molar-refractivity contribution < 1.29 is 19.4 Å². The molecule has 4 heterocycles. The normalized spacial score (nSPS) is 28.3. The van der Waals surface area contributed by atoms with Gasteiger partial charge in [0.15, 0.2) is 11.6 Å². The Morgan fingerprint density at radius 1 is 1.22 bits per heavy atom. The summed E-state index contributed by atoms with van der Waals surface area (Å²) < 4.78 is 13.1. The first kappa shape index (κ1) is 24.4. The number of amides is 1. The molecule has 0 aromatic carbocycles. The van der Waals surface area contributed by atoms with E-state index < -0.39 is 0 Å². The molecule has 3 atom stereocenters. The van der Waals surface area contributed by atoms with Crippen LogP contribution in [0.1, 0.15) is 44.9 Å². The van der Waals surface area contributed by atoms with Crippen LogP contribution >= 0.6 is 0 Å². The fraction of sp³-hybridized carbons (Fsp3) is 0.556. The maximum Gasteiger partial charge on any atom is 0.228 e.